The van der Waals surface area contributed by atoms with Crippen molar-refractivity contribution in [3.05, 3.63) is 0 Å². The largest absolute Gasteiger partial charge is 0.387 e. The highest BCUT2D eigenvalue weighted by Gasteiger charge is 2.36. The zero-order valence-electron chi connectivity index (χ0n) is 8.02. The molecular weight excluding hydrogens is 140 g/mol. The Hall–Kier alpha value is -0.0800. The molecule has 2 N–H and O–H groups in total. The normalized spacial score (nSPS) is 18.0. The number of rotatable bonds is 4. The van der Waals surface area contributed by atoms with Crippen LogP contribution in [-0.4, -0.2) is 21.4 Å². The Labute approximate surface area is 69.2 Å². The lowest BCUT2D eigenvalue weighted by molar-refractivity contribution is -0.124. The maximum atomic E-state index is 9.73. The number of hydrogen-bond acceptors (Lipinski definition) is 2. The van der Waals surface area contributed by atoms with Gasteiger partial charge < -0.3 is 10.2 Å². The Morgan fingerprint density at radius 2 is 1.55 bits per heavy atom. The molecule has 0 rings (SSSR count). The molecule has 2 heteroatoms. The van der Waals surface area contributed by atoms with Gasteiger partial charge in [-0.15, -0.1) is 0 Å². The Kier molecular flexibility index (Phi) is 3.52. The highest BCUT2D eigenvalue weighted by atomic mass is 16.3. The van der Waals surface area contributed by atoms with Crippen LogP contribution in [0.3, 0.4) is 0 Å². The highest BCUT2D eigenvalue weighted by Crippen LogP contribution is 2.26. The Bertz CT molecular complexity index is 111. The molecule has 1 atom stereocenters. The fraction of sp³-hybridized carbons (Fsp3) is 1.00. The molecular formula is C9H20O2. The van der Waals surface area contributed by atoms with E-state index < -0.39 is 11.2 Å². The Morgan fingerprint density at radius 3 is 1.82 bits per heavy atom. The van der Waals surface area contributed by atoms with Crippen molar-refractivity contribution < 1.29 is 10.2 Å². The molecule has 0 amide bonds. The summed E-state index contributed by atoms with van der Waals surface area (Å²) >= 11 is 0. The van der Waals surface area contributed by atoms with Crippen LogP contribution in [0.25, 0.3) is 0 Å². The van der Waals surface area contributed by atoms with Gasteiger partial charge in [-0.25, -0.2) is 0 Å². The predicted molar refractivity (Wildman–Crippen MR) is 46.4 cm³/mol. The van der Waals surface area contributed by atoms with E-state index in [-0.39, 0.29) is 0 Å². The molecule has 2 nitrogen and oxygen atoms in total. The maximum absolute atomic E-state index is 9.73. The summed E-state index contributed by atoms with van der Waals surface area (Å²) in [5.41, 5.74) is -1.95. The van der Waals surface area contributed by atoms with E-state index in [1.54, 1.807) is 20.8 Å². The van der Waals surface area contributed by atoms with E-state index in [1.807, 2.05) is 0 Å². The molecule has 0 saturated heterocycles. The van der Waals surface area contributed by atoms with E-state index in [2.05, 4.69) is 6.92 Å². The second kappa shape index (κ2) is 3.55. The third-order valence-electron chi connectivity index (χ3n) is 2.34. The number of hydrogen-bond donors (Lipinski definition) is 2. The van der Waals surface area contributed by atoms with Crippen molar-refractivity contribution in [1.29, 1.82) is 0 Å². The van der Waals surface area contributed by atoms with Crippen LogP contribution in [0.1, 0.15) is 47.0 Å². The third-order valence-corrected chi connectivity index (χ3v) is 2.34. The summed E-state index contributed by atoms with van der Waals surface area (Å²) in [5.74, 6) is 0. The SMILES string of the molecule is CCCCC(C)(O)C(C)(C)O. The lowest BCUT2D eigenvalue weighted by Gasteiger charge is -2.35. The second-order valence-electron chi connectivity index (χ2n) is 3.94. The van der Waals surface area contributed by atoms with Crippen LogP contribution in [0, 0.1) is 0 Å². The molecule has 0 radical (unpaired) electrons. The molecule has 0 aromatic rings. The quantitative estimate of drug-likeness (QED) is 0.657. The molecule has 1 unspecified atom stereocenters. The molecule has 0 heterocycles. The van der Waals surface area contributed by atoms with Crippen molar-refractivity contribution >= 4 is 0 Å². The minimum atomic E-state index is -0.998. The van der Waals surface area contributed by atoms with Crippen LogP contribution in [0.4, 0.5) is 0 Å². The van der Waals surface area contributed by atoms with Crippen molar-refractivity contribution in [2.45, 2.75) is 58.2 Å². The van der Waals surface area contributed by atoms with E-state index in [4.69, 9.17) is 0 Å². The smallest absolute Gasteiger partial charge is 0.0900 e. The van der Waals surface area contributed by atoms with Gasteiger partial charge in [0.1, 0.15) is 0 Å². The average Bonchev–Trinajstić information content (AvgIpc) is 1.81. The average molecular weight is 160 g/mol. The molecule has 11 heavy (non-hydrogen) atoms. The van der Waals surface area contributed by atoms with Crippen LogP contribution in [0.15, 0.2) is 0 Å². The minimum Gasteiger partial charge on any atom is -0.387 e. The van der Waals surface area contributed by atoms with E-state index in [0.29, 0.717) is 6.42 Å². The molecule has 0 fully saturated rings. The number of aliphatic hydroxyl groups is 2. The topological polar surface area (TPSA) is 40.5 Å². The molecule has 0 aliphatic heterocycles. The van der Waals surface area contributed by atoms with Crippen molar-refractivity contribution in [3.8, 4) is 0 Å². The van der Waals surface area contributed by atoms with Gasteiger partial charge in [-0.3, -0.25) is 0 Å². The van der Waals surface area contributed by atoms with Crippen molar-refractivity contribution in [2.75, 3.05) is 0 Å². The highest BCUT2D eigenvalue weighted by molar-refractivity contribution is 4.89. The first kappa shape index (κ1) is 10.9. The van der Waals surface area contributed by atoms with Crippen molar-refractivity contribution in [2.24, 2.45) is 0 Å². The van der Waals surface area contributed by atoms with Gasteiger partial charge in [-0.05, 0) is 27.2 Å². The number of unbranched alkanes of at least 4 members (excludes halogenated alkanes) is 1. The van der Waals surface area contributed by atoms with Gasteiger partial charge in [0.25, 0.3) is 0 Å². The summed E-state index contributed by atoms with van der Waals surface area (Å²) in [4.78, 5) is 0. The monoisotopic (exact) mass is 160 g/mol. The summed E-state index contributed by atoms with van der Waals surface area (Å²) in [7, 11) is 0. The Morgan fingerprint density at radius 1 is 1.09 bits per heavy atom. The van der Waals surface area contributed by atoms with Crippen molar-refractivity contribution in [3.63, 3.8) is 0 Å². The van der Waals surface area contributed by atoms with Crippen LogP contribution >= 0.6 is 0 Å². The van der Waals surface area contributed by atoms with E-state index in [0.717, 1.165) is 12.8 Å². The van der Waals surface area contributed by atoms with E-state index >= 15 is 0 Å². The van der Waals surface area contributed by atoms with Crippen LogP contribution in [-0.2, 0) is 0 Å². The second-order valence-corrected chi connectivity index (χ2v) is 3.94. The molecule has 0 aromatic carbocycles. The zero-order chi connectivity index (χ0) is 9.12. The van der Waals surface area contributed by atoms with Gasteiger partial charge in [0.2, 0.25) is 0 Å². The minimum absolute atomic E-state index is 0.660. The molecule has 68 valence electrons. The van der Waals surface area contributed by atoms with Gasteiger partial charge in [-0.1, -0.05) is 19.8 Å². The first-order valence-corrected chi connectivity index (χ1v) is 4.26. The van der Waals surface area contributed by atoms with Crippen LogP contribution in [0.2, 0.25) is 0 Å². The summed E-state index contributed by atoms with van der Waals surface area (Å²) in [6.45, 7) is 7.04. The first-order chi connectivity index (χ1) is 4.81. The third kappa shape index (κ3) is 3.21. The zero-order valence-corrected chi connectivity index (χ0v) is 8.02. The fourth-order valence-corrected chi connectivity index (χ4v) is 0.827. The van der Waals surface area contributed by atoms with Crippen LogP contribution in [0.5, 0.6) is 0 Å². The predicted octanol–water partition coefficient (Wildman–Crippen LogP) is 1.70. The lowest BCUT2D eigenvalue weighted by atomic mass is 9.83. The summed E-state index contributed by atoms with van der Waals surface area (Å²) in [6.07, 6.45) is 2.66. The van der Waals surface area contributed by atoms with Gasteiger partial charge in [0.15, 0.2) is 0 Å². The summed E-state index contributed by atoms with van der Waals surface area (Å²) in [6, 6.07) is 0. The summed E-state index contributed by atoms with van der Waals surface area (Å²) < 4.78 is 0. The molecule has 0 aliphatic rings. The van der Waals surface area contributed by atoms with Crippen LogP contribution < -0.4 is 0 Å². The van der Waals surface area contributed by atoms with Gasteiger partial charge in [-0.2, -0.15) is 0 Å². The summed E-state index contributed by atoms with van der Waals surface area (Å²) in [5, 5.41) is 19.3. The maximum Gasteiger partial charge on any atom is 0.0900 e. The standard InChI is InChI=1S/C9H20O2/c1-5-6-7-9(4,11)8(2,3)10/h10-11H,5-7H2,1-4H3. The lowest BCUT2D eigenvalue weighted by Crippen LogP contribution is -2.47. The first-order valence-electron chi connectivity index (χ1n) is 4.26. The van der Waals surface area contributed by atoms with Gasteiger partial charge in [0, 0.05) is 0 Å². The molecule has 0 spiro atoms. The van der Waals surface area contributed by atoms with Gasteiger partial charge >= 0.3 is 0 Å². The molecule has 0 aliphatic carbocycles. The molecule has 0 aromatic heterocycles. The molecule has 0 bridgehead atoms. The van der Waals surface area contributed by atoms with E-state index in [9.17, 15) is 10.2 Å². The van der Waals surface area contributed by atoms with E-state index in [1.165, 1.54) is 0 Å². The Balaban J connectivity index is 4.00. The molecule has 0 saturated carbocycles. The fourth-order valence-electron chi connectivity index (χ4n) is 0.827. The van der Waals surface area contributed by atoms with Gasteiger partial charge in [0.05, 0.1) is 11.2 Å². The van der Waals surface area contributed by atoms with Crippen molar-refractivity contribution in [1.82, 2.24) is 0 Å².